The van der Waals surface area contributed by atoms with Crippen molar-refractivity contribution >= 4 is 34.2 Å². The van der Waals surface area contributed by atoms with E-state index in [0.717, 1.165) is 51.9 Å². The number of aryl methyl sites for hydroxylation is 2. The van der Waals surface area contributed by atoms with E-state index in [1.165, 1.54) is 0 Å². The second-order valence-electron chi connectivity index (χ2n) is 7.44. The molecule has 160 valence electrons. The van der Waals surface area contributed by atoms with Gasteiger partial charge >= 0.3 is 0 Å². The molecule has 3 aromatic carbocycles. The number of hydrogen-bond donors (Lipinski definition) is 0. The lowest BCUT2D eigenvalue weighted by atomic mass is 10.2. The van der Waals surface area contributed by atoms with Gasteiger partial charge in [-0.25, -0.2) is 4.98 Å². The van der Waals surface area contributed by atoms with Crippen molar-refractivity contribution in [3.05, 3.63) is 88.2 Å². The summed E-state index contributed by atoms with van der Waals surface area (Å²) in [5, 5.41) is 1.43. The van der Waals surface area contributed by atoms with Crippen molar-refractivity contribution in [1.29, 1.82) is 0 Å². The number of nitrogens with zero attached hydrogens (tertiary/aromatic N) is 2. The molecule has 1 aromatic heterocycles. The molecule has 0 saturated carbocycles. The first kappa shape index (κ1) is 21.5. The molecule has 1 unspecified atom stereocenters. The number of fused-ring (bicyclic) bond motifs is 1. The second kappa shape index (κ2) is 9.63. The molecule has 6 heteroatoms. The number of aromatic nitrogens is 2. The van der Waals surface area contributed by atoms with Gasteiger partial charge in [0.15, 0.2) is 11.9 Å². The Morgan fingerprint density at radius 3 is 2.48 bits per heavy atom. The van der Waals surface area contributed by atoms with Crippen molar-refractivity contribution in [1.82, 2.24) is 9.55 Å². The van der Waals surface area contributed by atoms with Crippen molar-refractivity contribution in [3.8, 4) is 11.5 Å². The number of para-hydroxylation sites is 2. The zero-order chi connectivity index (χ0) is 21.8. The van der Waals surface area contributed by atoms with Crippen molar-refractivity contribution in [2.45, 2.75) is 32.9 Å². The summed E-state index contributed by atoms with van der Waals surface area (Å²) >= 11 is 12.1. The number of rotatable bonds is 8. The van der Waals surface area contributed by atoms with Crippen molar-refractivity contribution in [2.24, 2.45) is 0 Å². The van der Waals surface area contributed by atoms with Gasteiger partial charge in [-0.1, -0.05) is 35.3 Å². The number of benzene rings is 3. The third-order valence-electron chi connectivity index (χ3n) is 5.10. The molecule has 1 heterocycles. The minimum Gasteiger partial charge on any atom is -0.494 e. The largest absolute Gasteiger partial charge is 0.494 e. The lowest BCUT2D eigenvalue weighted by Gasteiger charge is -2.17. The molecule has 0 bridgehead atoms. The number of hydrogen-bond acceptors (Lipinski definition) is 3. The Labute approximate surface area is 192 Å². The maximum Gasteiger partial charge on any atom is 0.153 e. The summed E-state index contributed by atoms with van der Waals surface area (Å²) in [4.78, 5) is 4.85. The summed E-state index contributed by atoms with van der Waals surface area (Å²) in [6.07, 6.45) is 0.619. The van der Waals surface area contributed by atoms with Crippen molar-refractivity contribution in [2.75, 3.05) is 6.61 Å². The molecule has 4 aromatic rings. The van der Waals surface area contributed by atoms with E-state index in [9.17, 15) is 0 Å². The van der Waals surface area contributed by atoms with Crippen LogP contribution in [0.25, 0.3) is 11.0 Å². The molecular formula is C25H24Cl2N2O2. The first-order valence-electron chi connectivity index (χ1n) is 10.3. The van der Waals surface area contributed by atoms with Gasteiger partial charge in [-0.2, -0.15) is 0 Å². The van der Waals surface area contributed by atoms with Crippen LogP contribution in [0.2, 0.25) is 10.0 Å². The van der Waals surface area contributed by atoms with Crippen LogP contribution < -0.4 is 9.47 Å². The minimum absolute atomic E-state index is 0.217. The highest BCUT2D eigenvalue weighted by Crippen LogP contribution is 2.28. The van der Waals surface area contributed by atoms with E-state index in [2.05, 4.69) is 10.6 Å². The molecule has 31 heavy (non-hydrogen) atoms. The van der Waals surface area contributed by atoms with E-state index < -0.39 is 0 Å². The number of imidazole rings is 1. The van der Waals surface area contributed by atoms with Gasteiger partial charge in [0.05, 0.1) is 17.6 Å². The first-order chi connectivity index (χ1) is 15.0. The fraction of sp³-hybridized carbons (Fsp3) is 0.240. The number of ether oxygens (including phenoxy) is 2. The van der Waals surface area contributed by atoms with Gasteiger partial charge in [0.2, 0.25) is 0 Å². The minimum atomic E-state index is -0.217. The van der Waals surface area contributed by atoms with Crippen LogP contribution in [-0.2, 0) is 6.54 Å². The Morgan fingerprint density at radius 1 is 0.968 bits per heavy atom. The lowest BCUT2D eigenvalue weighted by molar-refractivity contribution is 0.210. The highest BCUT2D eigenvalue weighted by atomic mass is 35.5. The molecule has 0 radical (unpaired) electrons. The lowest BCUT2D eigenvalue weighted by Crippen LogP contribution is -2.13. The zero-order valence-corrected chi connectivity index (χ0v) is 19.0. The standard InChI is InChI=1S/C25H24Cl2N2O2/c1-17-16-21(12-13-22(17)27)31-18(2)25-28-23-6-3-4-7-24(23)29(25)14-5-15-30-20-10-8-19(26)9-11-20/h3-4,6-13,16,18H,5,14-15H2,1-2H3. The SMILES string of the molecule is Cc1cc(OC(C)c2nc3ccccc3n2CCCOc2ccc(Cl)cc2)ccc1Cl. The van der Waals surface area contributed by atoms with Gasteiger partial charge < -0.3 is 14.0 Å². The highest BCUT2D eigenvalue weighted by Gasteiger charge is 2.18. The van der Waals surface area contributed by atoms with E-state index in [1.807, 2.05) is 74.5 Å². The predicted octanol–water partition coefficient (Wildman–Crippen LogP) is 7.26. The highest BCUT2D eigenvalue weighted by molar-refractivity contribution is 6.31. The van der Waals surface area contributed by atoms with E-state index >= 15 is 0 Å². The predicted molar refractivity (Wildman–Crippen MR) is 127 cm³/mol. The Balaban J connectivity index is 1.49. The van der Waals surface area contributed by atoms with Crippen LogP contribution in [0.3, 0.4) is 0 Å². The summed E-state index contributed by atoms with van der Waals surface area (Å²) < 4.78 is 14.3. The molecule has 0 aliphatic heterocycles. The molecule has 0 aliphatic carbocycles. The Bertz CT molecular complexity index is 1170. The smallest absolute Gasteiger partial charge is 0.153 e. The zero-order valence-electron chi connectivity index (χ0n) is 17.5. The summed E-state index contributed by atoms with van der Waals surface area (Å²) in [6, 6.07) is 21.3. The van der Waals surface area contributed by atoms with Gasteiger partial charge in [-0.3, -0.25) is 0 Å². The molecular weight excluding hydrogens is 431 g/mol. The normalized spacial score (nSPS) is 12.1. The fourth-order valence-corrected chi connectivity index (χ4v) is 3.77. The molecule has 0 amide bonds. The van der Waals surface area contributed by atoms with Crippen LogP contribution in [0.1, 0.15) is 30.8 Å². The topological polar surface area (TPSA) is 36.3 Å². The van der Waals surface area contributed by atoms with Crippen LogP contribution in [0.4, 0.5) is 0 Å². The fourth-order valence-electron chi connectivity index (χ4n) is 3.53. The third kappa shape index (κ3) is 5.15. The van der Waals surface area contributed by atoms with Crippen LogP contribution >= 0.6 is 23.2 Å². The van der Waals surface area contributed by atoms with E-state index in [0.29, 0.717) is 11.6 Å². The van der Waals surface area contributed by atoms with E-state index in [4.69, 9.17) is 37.7 Å². The molecule has 4 rings (SSSR count). The maximum absolute atomic E-state index is 6.21. The summed E-state index contributed by atoms with van der Waals surface area (Å²) in [6.45, 7) is 5.36. The number of halogens is 2. The van der Waals surface area contributed by atoms with Gasteiger partial charge in [-0.15, -0.1) is 0 Å². The third-order valence-corrected chi connectivity index (χ3v) is 5.77. The first-order valence-corrected chi connectivity index (χ1v) is 11.0. The molecule has 0 N–H and O–H groups in total. The molecule has 1 atom stereocenters. The van der Waals surface area contributed by atoms with Gasteiger partial charge in [0.1, 0.15) is 11.5 Å². The van der Waals surface area contributed by atoms with Crippen LogP contribution in [0.5, 0.6) is 11.5 Å². The van der Waals surface area contributed by atoms with Crippen LogP contribution in [-0.4, -0.2) is 16.2 Å². The van der Waals surface area contributed by atoms with Crippen LogP contribution in [0.15, 0.2) is 66.7 Å². The molecule has 4 nitrogen and oxygen atoms in total. The molecule has 0 aliphatic rings. The summed E-state index contributed by atoms with van der Waals surface area (Å²) in [7, 11) is 0. The monoisotopic (exact) mass is 454 g/mol. The molecule has 0 fully saturated rings. The quantitative estimate of drug-likeness (QED) is 0.262. The van der Waals surface area contributed by atoms with Gasteiger partial charge in [-0.05, 0) is 80.4 Å². The Morgan fingerprint density at radius 2 is 1.71 bits per heavy atom. The Hall–Kier alpha value is -2.69. The average Bonchev–Trinajstić information content (AvgIpc) is 3.14. The molecule has 0 saturated heterocycles. The van der Waals surface area contributed by atoms with Crippen LogP contribution in [0, 0.1) is 6.92 Å². The second-order valence-corrected chi connectivity index (χ2v) is 8.28. The van der Waals surface area contributed by atoms with Gasteiger partial charge in [0, 0.05) is 16.6 Å². The molecule has 0 spiro atoms. The van der Waals surface area contributed by atoms with E-state index in [-0.39, 0.29) is 6.10 Å². The Kier molecular flexibility index (Phi) is 6.69. The van der Waals surface area contributed by atoms with E-state index in [1.54, 1.807) is 0 Å². The average molecular weight is 455 g/mol. The van der Waals surface area contributed by atoms with Crippen molar-refractivity contribution in [3.63, 3.8) is 0 Å². The van der Waals surface area contributed by atoms with Crippen molar-refractivity contribution < 1.29 is 9.47 Å². The summed E-state index contributed by atoms with van der Waals surface area (Å²) in [5.74, 6) is 2.48. The maximum atomic E-state index is 6.21. The van der Waals surface area contributed by atoms with Gasteiger partial charge in [0.25, 0.3) is 0 Å². The summed E-state index contributed by atoms with van der Waals surface area (Å²) in [5.41, 5.74) is 3.03.